The fraction of sp³-hybridized carbons (Fsp3) is 0.353. The molecule has 2 heterocycles. The van der Waals surface area contributed by atoms with Crippen molar-refractivity contribution in [3.05, 3.63) is 47.2 Å². The quantitative estimate of drug-likeness (QED) is 0.820. The maximum absolute atomic E-state index is 12.5. The molecule has 1 fully saturated rings. The SMILES string of the molecule is C[C@@H]1CCCN(C(=O)c2ccc(-c3ccccc3Cl)o2)C1. The number of likely N-dealkylation sites (tertiary alicyclic amines) is 1. The number of hydrogen-bond acceptors (Lipinski definition) is 2. The maximum atomic E-state index is 12.5. The number of carbonyl (C=O) groups is 1. The van der Waals surface area contributed by atoms with E-state index in [0.717, 1.165) is 25.1 Å². The molecule has 0 unspecified atom stereocenters. The highest BCUT2D eigenvalue weighted by Gasteiger charge is 2.24. The lowest BCUT2D eigenvalue weighted by Crippen LogP contribution is -2.38. The molecule has 2 aromatic rings. The molecule has 1 aromatic heterocycles. The first kappa shape index (κ1) is 14.2. The van der Waals surface area contributed by atoms with Crippen molar-refractivity contribution in [1.82, 2.24) is 4.90 Å². The Morgan fingerprint density at radius 1 is 1.29 bits per heavy atom. The van der Waals surface area contributed by atoms with Gasteiger partial charge in [-0.1, -0.05) is 30.7 Å². The molecule has 3 rings (SSSR count). The number of halogens is 1. The molecule has 4 heteroatoms. The van der Waals surface area contributed by atoms with Crippen LogP contribution in [0.3, 0.4) is 0 Å². The van der Waals surface area contributed by atoms with Gasteiger partial charge in [-0.2, -0.15) is 0 Å². The zero-order chi connectivity index (χ0) is 14.8. The molecule has 0 spiro atoms. The van der Waals surface area contributed by atoms with Gasteiger partial charge in [0.15, 0.2) is 5.76 Å². The van der Waals surface area contributed by atoms with Crippen LogP contribution in [-0.2, 0) is 0 Å². The van der Waals surface area contributed by atoms with E-state index >= 15 is 0 Å². The average Bonchev–Trinajstić information content (AvgIpc) is 2.96. The number of benzene rings is 1. The number of piperidine rings is 1. The minimum absolute atomic E-state index is 0.0279. The molecule has 0 radical (unpaired) electrons. The summed E-state index contributed by atoms with van der Waals surface area (Å²) >= 11 is 6.16. The molecule has 1 aromatic carbocycles. The van der Waals surface area contributed by atoms with E-state index in [4.69, 9.17) is 16.0 Å². The number of carbonyl (C=O) groups excluding carboxylic acids is 1. The topological polar surface area (TPSA) is 33.5 Å². The highest BCUT2D eigenvalue weighted by Crippen LogP contribution is 2.29. The molecule has 1 aliphatic heterocycles. The van der Waals surface area contributed by atoms with E-state index in [1.165, 1.54) is 6.42 Å². The molecule has 1 atom stereocenters. The summed E-state index contributed by atoms with van der Waals surface area (Å²) < 4.78 is 5.73. The van der Waals surface area contributed by atoms with Gasteiger partial charge in [-0.15, -0.1) is 0 Å². The van der Waals surface area contributed by atoms with Gasteiger partial charge in [0.05, 0.1) is 5.02 Å². The van der Waals surface area contributed by atoms with Gasteiger partial charge in [-0.3, -0.25) is 4.79 Å². The molecule has 3 nitrogen and oxygen atoms in total. The summed E-state index contributed by atoms with van der Waals surface area (Å²) in [6, 6.07) is 11.0. The van der Waals surface area contributed by atoms with Crippen molar-refractivity contribution in [2.45, 2.75) is 19.8 Å². The number of furan rings is 1. The highest BCUT2D eigenvalue weighted by atomic mass is 35.5. The van der Waals surface area contributed by atoms with Crippen LogP contribution in [0.25, 0.3) is 11.3 Å². The van der Waals surface area contributed by atoms with Crippen molar-refractivity contribution >= 4 is 17.5 Å². The van der Waals surface area contributed by atoms with Crippen LogP contribution < -0.4 is 0 Å². The second-order valence-electron chi connectivity index (χ2n) is 5.64. The van der Waals surface area contributed by atoms with E-state index < -0.39 is 0 Å². The first-order valence-corrected chi connectivity index (χ1v) is 7.67. The lowest BCUT2D eigenvalue weighted by Gasteiger charge is -2.30. The Balaban J connectivity index is 1.82. The Morgan fingerprint density at radius 2 is 2.10 bits per heavy atom. The van der Waals surface area contributed by atoms with Crippen LogP contribution in [0.4, 0.5) is 0 Å². The summed E-state index contributed by atoms with van der Waals surface area (Å²) in [5.74, 6) is 1.55. The molecule has 1 amide bonds. The zero-order valence-corrected chi connectivity index (χ0v) is 12.8. The summed E-state index contributed by atoms with van der Waals surface area (Å²) in [5.41, 5.74) is 0.810. The van der Waals surface area contributed by atoms with E-state index in [2.05, 4.69) is 6.92 Å². The minimum Gasteiger partial charge on any atom is -0.451 e. The predicted octanol–water partition coefficient (Wildman–Crippen LogP) is 4.47. The number of amides is 1. The molecule has 0 saturated carbocycles. The normalized spacial score (nSPS) is 18.8. The van der Waals surface area contributed by atoms with Gasteiger partial charge in [0.2, 0.25) is 0 Å². The van der Waals surface area contributed by atoms with Crippen molar-refractivity contribution in [3.63, 3.8) is 0 Å². The zero-order valence-electron chi connectivity index (χ0n) is 12.0. The Labute approximate surface area is 129 Å². The summed E-state index contributed by atoms with van der Waals surface area (Å²) in [6.07, 6.45) is 2.25. The molecule has 0 aliphatic carbocycles. The fourth-order valence-corrected chi connectivity index (χ4v) is 3.02. The molecule has 21 heavy (non-hydrogen) atoms. The van der Waals surface area contributed by atoms with Crippen LogP contribution >= 0.6 is 11.6 Å². The van der Waals surface area contributed by atoms with Crippen LogP contribution in [0.2, 0.25) is 5.02 Å². The van der Waals surface area contributed by atoms with Crippen LogP contribution in [0.15, 0.2) is 40.8 Å². The van der Waals surface area contributed by atoms with Gasteiger partial charge < -0.3 is 9.32 Å². The van der Waals surface area contributed by atoms with Crippen molar-refractivity contribution in [2.75, 3.05) is 13.1 Å². The maximum Gasteiger partial charge on any atom is 0.289 e. The number of hydrogen-bond donors (Lipinski definition) is 0. The van der Waals surface area contributed by atoms with E-state index in [1.807, 2.05) is 35.2 Å². The minimum atomic E-state index is -0.0279. The smallest absolute Gasteiger partial charge is 0.289 e. The standard InChI is InChI=1S/C17H18ClNO2/c1-12-5-4-10-19(11-12)17(20)16-9-8-15(21-16)13-6-2-3-7-14(13)18/h2-3,6-9,12H,4-5,10-11H2,1H3/t12-/m1/s1. The molecule has 1 saturated heterocycles. The average molecular weight is 304 g/mol. The molecule has 0 N–H and O–H groups in total. The second kappa shape index (κ2) is 5.94. The lowest BCUT2D eigenvalue weighted by molar-refractivity contribution is 0.0652. The van der Waals surface area contributed by atoms with Crippen LogP contribution in [0.5, 0.6) is 0 Å². The first-order chi connectivity index (χ1) is 10.1. The van der Waals surface area contributed by atoms with Gasteiger partial charge in [0, 0.05) is 18.7 Å². The van der Waals surface area contributed by atoms with Crippen molar-refractivity contribution < 1.29 is 9.21 Å². The Morgan fingerprint density at radius 3 is 2.86 bits per heavy atom. The molecular weight excluding hydrogens is 286 g/mol. The van der Waals surface area contributed by atoms with Gasteiger partial charge in [-0.25, -0.2) is 0 Å². The van der Waals surface area contributed by atoms with Crippen molar-refractivity contribution in [2.24, 2.45) is 5.92 Å². The Bertz CT molecular complexity index is 650. The Kier molecular flexibility index (Phi) is 4.02. The largest absolute Gasteiger partial charge is 0.451 e. The van der Waals surface area contributed by atoms with Gasteiger partial charge in [-0.05, 0) is 43.0 Å². The summed E-state index contributed by atoms with van der Waals surface area (Å²) in [7, 11) is 0. The number of rotatable bonds is 2. The number of nitrogens with zero attached hydrogens (tertiary/aromatic N) is 1. The van der Waals surface area contributed by atoms with E-state index in [9.17, 15) is 4.79 Å². The molecule has 1 aliphatic rings. The third-order valence-corrected chi connectivity index (χ3v) is 4.23. The van der Waals surface area contributed by atoms with E-state index in [0.29, 0.717) is 22.5 Å². The van der Waals surface area contributed by atoms with Gasteiger partial charge in [0.25, 0.3) is 5.91 Å². The highest BCUT2D eigenvalue weighted by molar-refractivity contribution is 6.33. The van der Waals surface area contributed by atoms with Crippen LogP contribution in [0.1, 0.15) is 30.3 Å². The summed E-state index contributed by atoms with van der Waals surface area (Å²) in [4.78, 5) is 14.4. The van der Waals surface area contributed by atoms with Gasteiger partial charge in [0.1, 0.15) is 5.76 Å². The van der Waals surface area contributed by atoms with E-state index in [1.54, 1.807) is 6.07 Å². The third-order valence-electron chi connectivity index (χ3n) is 3.90. The van der Waals surface area contributed by atoms with Gasteiger partial charge >= 0.3 is 0 Å². The molecule has 110 valence electrons. The lowest BCUT2D eigenvalue weighted by atomic mass is 10.0. The molecule has 0 bridgehead atoms. The summed E-state index contributed by atoms with van der Waals surface area (Å²) in [6.45, 7) is 3.79. The third kappa shape index (κ3) is 2.98. The summed E-state index contributed by atoms with van der Waals surface area (Å²) in [5, 5.41) is 0.623. The van der Waals surface area contributed by atoms with E-state index in [-0.39, 0.29) is 5.91 Å². The van der Waals surface area contributed by atoms with Crippen molar-refractivity contribution in [1.29, 1.82) is 0 Å². The Hall–Kier alpha value is -1.74. The fourth-order valence-electron chi connectivity index (χ4n) is 2.79. The monoisotopic (exact) mass is 303 g/mol. The first-order valence-electron chi connectivity index (χ1n) is 7.29. The predicted molar refractivity (Wildman–Crippen MR) is 83.5 cm³/mol. The van der Waals surface area contributed by atoms with Crippen molar-refractivity contribution in [3.8, 4) is 11.3 Å². The van der Waals surface area contributed by atoms with Crippen LogP contribution in [0, 0.1) is 5.92 Å². The second-order valence-corrected chi connectivity index (χ2v) is 6.05. The van der Waals surface area contributed by atoms with Crippen LogP contribution in [-0.4, -0.2) is 23.9 Å². The molecular formula is C17H18ClNO2.